The zero-order valence-corrected chi connectivity index (χ0v) is 11.9. The van der Waals surface area contributed by atoms with Gasteiger partial charge in [0.05, 0.1) is 5.75 Å². The topological polar surface area (TPSA) is 122 Å². The third-order valence-corrected chi connectivity index (χ3v) is 3.56. The number of benzene rings is 1. The minimum atomic E-state index is -3.78. The Morgan fingerprint density at radius 1 is 1.19 bits per heavy atom. The molecule has 0 bridgehead atoms. The van der Waals surface area contributed by atoms with Crippen LogP contribution in [0, 0.1) is 0 Å². The molecule has 3 N–H and O–H groups in total. The van der Waals surface area contributed by atoms with Gasteiger partial charge in [-0.05, 0) is 12.0 Å². The number of hydrazine groups is 1. The van der Waals surface area contributed by atoms with Gasteiger partial charge in [-0.1, -0.05) is 30.3 Å². The molecule has 0 aliphatic rings. The van der Waals surface area contributed by atoms with E-state index < -0.39 is 27.8 Å². The molecule has 9 heteroatoms. The number of sulfonamides is 1. The summed E-state index contributed by atoms with van der Waals surface area (Å²) in [6.45, 7) is 0.00736. The van der Waals surface area contributed by atoms with E-state index in [1.54, 1.807) is 24.3 Å². The quantitative estimate of drug-likeness (QED) is 0.604. The smallest absolute Gasteiger partial charge is 0.422 e. The number of rotatable bonds is 8. The molecule has 116 valence electrons. The first-order valence-electron chi connectivity index (χ1n) is 6.07. The second kappa shape index (κ2) is 8.22. The van der Waals surface area contributed by atoms with Crippen molar-refractivity contribution in [3.8, 4) is 0 Å². The molecule has 0 saturated heterocycles. The molecule has 0 aliphatic carbocycles. The van der Waals surface area contributed by atoms with Crippen molar-refractivity contribution in [3.63, 3.8) is 0 Å². The number of carbonyl (C=O) groups is 2. The van der Waals surface area contributed by atoms with E-state index in [4.69, 9.17) is 9.84 Å². The molecule has 0 unspecified atom stereocenters. The Morgan fingerprint density at radius 3 is 2.48 bits per heavy atom. The highest BCUT2D eigenvalue weighted by atomic mass is 32.2. The molecule has 0 spiro atoms. The van der Waals surface area contributed by atoms with E-state index in [2.05, 4.69) is 0 Å². The van der Waals surface area contributed by atoms with Crippen LogP contribution in [0.4, 0.5) is 4.79 Å². The summed E-state index contributed by atoms with van der Waals surface area (Å²) in [4.78, 5) is 23.4. The fourth-order valence-electron chi connectivity index (χ4n) is 1.34. The van der Waals surface area contributed by atoms with Crippen LogP contribution in [-0.2, 0) is 26.2 Å². The van der Waals surface area contributed by atoms with Crippen LogP contribution in [0.15, 0.2) is 30.3 Å². The average molecular weight is 316 g/mol. The van der Waals surface area contributed by atoms with Crippen LogP contribution >= 0.6 is 0 Å². The van der Waals surface area contributed by atoms with Gasteiger partial charge in [-0.25, -0.2) is 18.6 Å². The summed E-state index contributed by atoms with van der Waals surface area (Å²) in [5.41, 5.74) is 2.65. The van der Waals surface area contributed by atoms with Gasteiger partial charge in [0.25, 0.3) is 0 Å². The Hall–Kier alpha value is -2.13. The van der Waals surface area contributed by atoms with E-state index in [0.717, 1.165) is 5.56 Å². The van der Waals surface area contributed by atoms with Gasteiger partial charge in [0, 0.05) is 6.42 Å². The van der Waals surface area contributed by atoms with Gasteiger partial charge in [-0.15, -0.1) is 4.83 Å². The third-order valence-electron chi connectivity index (χ3n) is 2.33. The highest BCUT2D eigenvalue weighted by Gasteiger charge is 2.13. The summed E-state index contributed by atoms with van der Waals surface area (Å²) >= 11 is 0. The molecule has 0 aliphatic heterocycles. The number of hydrogen-bond acceptors (Lipinski definition) is 5. The summed E-state index contributed by atoms with van der Waals surface area (Å²) in [7, 11) is -3.78. The van der Waals surface area contributed by atoms with Crippen LogP contribution in [0.5, 0.6) is 0 Å². The predicted octanol–water partition coefficient (Wildman–Crippen LogP) is 0.612. The first-order valence-corrected chi connectivity index (χ1v) is 7.72. The van der Waals surface area contributed by atoms with Gasteiger partial charge in [-0.3, -0.25) is 4.79 Å². The van der Waals surface area contributed by atoms with Gasteiger partial charge < -0.3 is 9.84 Å². The van der Waals surface area contributed by atoms with E-state index in [9.17, 15) is 18.0 Å². The Kier molecular flexibility index (Phi) is 6.63. The van der Waals surface area contributed by atoms with Crippen LogP contribution in [0.1, 0.15) is 18.4 Å². The van der Waals surface area contributed by atoms with Crippen molar-refractivity contribution in [2.45, 2.75) is 19.4 Å². The monoisotopic (exact) mass is 316 g/mol. The van der Waals surface area contributed by atoms with Crippen molar-refractivity contribution in [1.82, 2.24) is 10.3 Å². The lowest BCUT2D eigenvalue weighted by atomic mass is 10.2. The molecule has 0 atom stereocenters. The molecule has 8 nitrogen and oxygen atoms in total. The molecule has 0 heterocycles. The maximum atomic E-state index is 11.4. The third kappa shape index (κ3) is 7.90. The van der Waals surface area contributed by atoms with Crippen molar-refractivity contribution in [2.75, 3.05) is 5.75 Å². The van der Waals surface area contributed by atoms with Crippen molar-refractivity contribution >= 4 is 22.1 Å². The summed E-state index contributed by atoms with van der Waals surface area (Å²) in [6.07, 6.45) is -1.26. The lowest BCUT2D eigenvalue weighted by molar-refractivity contribution is -0.137. The highest BCUT2D eigenvalue weighted by molar-refractivity contribution is 7.89. The number of carboxylic acid groups (broad SMARTS) is 1. The minimum Gasteiger partial charge on any atom is -0.481 e. The molecule has 1 rings (SSSR count). The van der Waals surface area contributed by atoms with E-state index in [0.29, 0.717) is 0 Å². The number of hydrogen-bond donors (Lipinski definition) is 3. The first-order chi connectivity index (χ1) is 9.89. The van der Waals surface area contributed by atoms with E-state index in [1.165, 1.54) is 0 Å². The first kappa shape index (κ1) is 16.9. The number of amides is 1. The normalized spacial score (nSPS) is 10.9. The van der Waals surface area contributed by atoms with Crippen LogP contribution in [-0.4, -0.2) is 31.3 Å². The van der Waals surface area contributed by atoms with E-state index in [-0.39, 0.29) is 19.4 Å². The molecule has 1 aromatic carbocycles. The number of ether oxygens (including phenoxy) is 1. The van der Waals surface area contributed by atoms with Gasteiger partial charge in [0.15, 0.2) is 0 Å². The molecule has 21 heavy (non-hydrogen) atoms. The Morgan fingerprint density at radius 2 is 1.86 bits per heavy atom. The van der Waals surface area contributed by atoms with Crippen LogP contribution in [0.25, 0.3) is 0 Å². The van der Waals surface area contributed by atoms with E-state index >= 15 is 0 Å². The van der Waals surface area contributed by atoms with E-state index in [1.807, 2.05) is 16.3 Å². The standard InChI is InChI=1S/C12H16N2O6S/c15-11(16)7-4-8-21(18,19)14-13-12(17)20-9-10-5-2-1-3-6-10/h1-3,5-6,14H,4,7-9H2,(H,13,17)(H,15,16). The SMILES string of the molecule is O=C(O)CCCS(=O)(=O)NNC(=O)OCc1ccccc1. The zero-order chi connectivity index (χ0) is 15.7. The van der Waals surface area contributed by atoms with Crippen molar-refractivity contribution in [3.05, 3.63) is 35.9 Å². The van der Waals surface area contributed by atoms with Crippen molar-refractivity contribution in [1.29, 1.82) is 0 Å². The summed E-state index contributed by atoms with van der Waals surface area (Å²) < 4.78 is 27.6. The minimum absolute atomic E-state index is 0.00736. The number of aliphatic carboxylic acids is 1. The Bertz CT molecular complexity index is 573. The molecular formula is C12H16N2O6S. The molecule has 1 aromatic rings. The molecule has 0 radical (unpaired) electrons. The second-order valence-corrected chi connectivity index (χ2v) is 5.95. The summed E-state index contributed by atoms with van der Waals surface area (Å²) in [6, 6.07) is 8.88. The highest BCUT2D eigenvalue weighted by Crippen LogP contribution is 2.00. The summed E-state index contributed by atoms with van der Waals surface area (Å²) in [5, 5.41) is 8.40. The van der Waals surface area contributed by atoms with Gasteiger partial charge in [-0.2, -0.15) is 0 Å². The van der Waals surface area contributed by atoms with Gasteiger partial charge >= 0.3 is 12.1 Å². The molecule has 0 aromatic heterocycles. The van der Waals surface area contributed by atoms with Crippen molar-refractivity contribution < 1.29 is 27.9 Å². The maximum absolute atomic E-state index is 11.4. The zero-order valence-electron chi connectivity index (χ0n) is 11.1. The molecular weight excluding hydrogens is 300 g/mol. The summed E-state index contributed by atoms with van der Waals surface area (Å²) in [5.74, 6) is -1.49. The number of carbonyl (C=O) groups excluding carboxylic acids is 1. The Balaban J connectivity index is 2.27. The average Bonchev–Trinajstić information content (AvgIpc) is 2.43. The number of nitrogens with one attached hydrogen (secondary N) is 2. The lowest BCUT2D eigenvalue weighted by Crippen LogP contribution is -2.42. The van der Waals surface area contributed by atoms with Crippen LogP contribution in [0.2, 0.25) is 0 Å². The number of carboxylic acids is 1. The maximum Gasteiger partial charge on any atom is 0.422 e. The fourth-order valence-corrected chi connectivity index (χ4v) is 2.21. The molecule has 0 fully saturated rings. The van der Waals surface area contributed by atoms with Crippen LogP contribution in [0.3, 0.4) is 0 Å². The lowest BCUT2D eigenvalue weighted by Gasteiger charge is -2.08. The molecule has 1 amide bonds. The Labute approximate surface area is 122 Å². The largest absolute Gasteiger partial charge is 0.481 e. The second-order valence-electron chi connectivity index (χ2n) is 4.10. The van der Waals surface area contributed by atoms with Gasteiger partial charge in [0.2, 0.25) is 10.0 Å². The predicted molar refractivity (Wildman–Crippen MR) is 73.6 cm³/mol. The van der Waals surface area contributed by atoms with Gasteiger partial charge in [0.1, 0.15) is 6.61 Å². The van der Waals surface area contributed by atoms with Crippen molar-refractivity contribution in [2.24, 2.45) is 0 Å². The fraction of sp³-hybridized carbons (Fsp3) is 0.333. The van der Waals surface area contributed by atoms with Crippen LogP contribution < -0.4 is 10.3 Å². The molecule has 0 saturated carbocycles.